The molecule has 0 spiro atoms. The van der Waals surface area contributed by atoms with E-state index in [2.05, 4.69) is 4.74 Å². The first-order valence-corrected chi connectivity index (χ1v) is 5.04. The molecule has 0 unspecified atom stereocenters. The Balaban J connectivity index is 2.94. The van der Waals surface area contributed by atoms with Gasteiger partial charge in [0, 0.05) is 12.1 Å². The molecule has 9 heteroatoms. The number of halogens is 5. The first-order valence-electron chi connectivity index (χ1n) is 4.28. The molecular formula is C9H5Cl2F3O4. The summed E-state index contributed by atoms with van der Waals surface area (Å²) in [6.07, 6.45) is -4.88. The van der Waals surface area contributed by atoms with Gasteiger partial charge in [0.1, 0.15) is 5.75 Å². The third-order valence-electron chi connectivity index (χ3n) is 1.55. The second-order valence-electron chi connectivity index (χ2n) is 2.95. The highest BCUT2D eigenvalue weighted by molar-refractivity contribution is 6.37. The van der Waals surface area contributed by atoms with Crippen LogP contribution in [0.15, 0.2) is 12.1 Å². The zero-order valence-electron chi connectivity index (χ0n) is 8.42. The number of carboxylic acids is 1. The minimum absolute atomic E-state index is 0.227. The van der Waals surface area contributed by atoms with Crippen LogP contribution in [0.3, 0.4) is 0 Å². The number of rotatable bonds is 4. The van der Waals surface area contributed by atoms with Crippen LogP contribution in [0.4, 0.5) is 13.2 Å². The molecule has 100 valence electrons. The van der Waals surface area contributed by atoms with Crippen molar-refractivity contribution in [2.75, 3.05) is 6.61 Å². The van der Waals surface area contributed by atoms with Crippen LogP contribution in [0.25, 0.3) is 0 Å². The van der Waals surface area contributed by atoms with Gasteiger partial charge in [-0.15, -0.1) is 13.2 Å². The fourth-order valence-corrected chi connectivity index (χ4v) is 1.58. The summed E-state index contributed by atoms with van der Waals surface area (Å²) in [6, 6.07) is 1.64. The Hall–Kier alpha value is -1.34. The maximum Gasteiger partial charge on any atom is 0.573 e. The van der Waals surface area contributed by atoms with Crippen molar-refractivity contribution in [3.8, 4) is 11.5 Å². The van der Waals surface area contributed by atoms with Gasteiger partial charge in [0.05, 0.1) is 10.0 Å². The number of benzene rings is 1. The van der Waals surface area contributed by atoms with Gasteiger partial charge < -0.3 is 14.6 Å². The Morgan fingerprint density at radius 1 is 1.28 bits per heavy atom. The minimum Gasteiger partial charge on any atom is -0.479 e. The van der Waals surface area contributed by atoms with Crippen molar-refractivity contribution in [2.45, 2.75) is 6.36 Å². The molecule has 0 saturated carbocycles. The average Bonchev–Trinajstić information content (AvgIpc) is 2.12. The summed E-state index contributed by atoms with van der Waals surface area (Å²) in [4.78, 5) is 10.3. The Kier molecular flexibility index (Phi) is 4.53. The molecule has 0 aliphatic rings. The standard InChI is InChI=1S/C9H5Cl2F3O4/c10-5-1-4(18-9(12,13)14)2-6(11)8(5)17-3-7(15)16/h1-2H,3H2,(H,15,16). The predicted molar refractivity (Wildman–Crippen MR) is 56.3 cm³/mol. The third-order valence-corrected chi connectivity index (χ3v) is 2.11. The lowest BCUT2D eigenvalue weighted by Crippen LogP contribution is -2.17. The van der Waals surface area contributed by atoms with Gasteiger partial charge in [-0.1, -0.05) is 23.2 Å². The van der Waals surface area contributed by atoms with Crippen molar-refractivity contribution >= 4 is 29.2 Å². The van der Waals surface area contributed by atoms with E-state index in [4.69, 9.17) is 33.0 Å². The summed E-state index contributed by atoms with van der Waals surface area (Å²) in [5.74, 6) is -2.13. The summed E-state index contributed by atoms with van der Waals surface area (Å²) in [7, 11) is 0. The summed E-state index contributed by atoms with van der Waals surface area (Å²) in [5.41, 5.74) is 0. The smallest absolute Gasteiger partial charge is 0.479 e. The van der Waals surface area contributed by atoms with Crippen molar-refractivity contribution in [1.29, 1.82) is 0 Å². The fourth-order valence-electron chi connectivity index (χ4n) is 1.00. The molecule has 0 saturated heterocycles. The zero-order valence-corrected chi connectivity index (χ0v) is 9.94. The number of hydrogen-bond acceptors (Lipinski definition) is 3. The SMILES string of the molecule is O=C(O)COc1c(Cl)cc(OC(F)(F)F)cc1Cl. The monoisotopic (exact) mass is 304 g/mol. The van der Waals surface area contributed by atoms with Gasteiger partial charge in [0.25, 0.3) is 0 Å². The molecule has 0 bridgehead atoms. The molecule has 4 nitrogen and oxygen atoms in total. The van der Waals surface area contributed by atoms with Crippen LogP contribution < -0.4 is 9.47 Å². The number of aliphatic carboxylic acids is 1. The first-order chi connectivity index (χ1) is 8.19. The highest BCUT2D eigenvalue weighted by Gasteiger charge is 2.31. The lowest BCUT2D eigenvalue weighted by molar-refractivity contribution is -0.274. The van der Waals surface area contributed by atoms with Crippen molar-refractivity contribution in [1.82, 2.24) is 0 Å². The second-order valence-corrected chi connectivity index (χ2v) is 3.76. The lowest BCUT2D eigenvalue weighted by Gasteiger charge is -2.12. The van der Waals surface area contributed by atoms with Gasteiger partial charge in [-0.3, -0.25) is 0 Å². The normalized spacial score (nSPS) is 11.2. The molecule has 1 N–H and O–H groups in total. The molecule has 0 aliphatic carbocycles. The molecule has 0 atom stereocenters. The Morgan fingerprint density at radius 2 is 1.78 bits per heavy atom. The zero-order chi connectivity index (χ0) is 13.9. The van der Waals surface area contributed by atoms with Crippen molar-refractivity contribution in [3.63, 3.8) is 0 Å². The Labute approximate surface area is 109 Å². The molecule has 0 radical (unpaired) electrons. The first kappa shape index (κ1) is 14.7. The van der Waals surface area contributed by atoms with E-state index in [1.165, 1.54) is 0 Å². The number of hydrogen-bond donors (Lipinski definition) is 1. The summed E-state index contributed by atoms with van der Waals surface area (Å²) < 4.78 is 44.1. The van der Waals surface area contributed by atoms with Crippen LogP contribution in [-0.2, 0) is 4.79 Å². The van der Waals surface area contributed by atoms with Crippen LogP contribution in [0, 0.1) is 0 Å². The molecule has 0 fully saturated rings. The third kappa shape index (κ3) is 4.50. The maximum absolute atomic E-state index is 11.9. The van der Waals surface area contributed by atoms with E-state index < -0.39 is 24.7 Å². The number of carbonyl (C=O) groups is 1. The van der Waals surface area contributed by atoms with Crippen molar-refractivity contribution in [2.24, 2.45) is 0 Å². The van der Waals surface area contributed by atoms with Crippen LogP contribution >= 0.6 is 23.2 Å². The van der Waals surface area contributed by atoms with Gasteiger partial charge in [0.2, 0.25) is 0 Å². The minimum atomic E-state index is -4.88. The van der Waals surface area contributed by atoms with Crippen LogP contribution in [0.1, 0.15) is 0 Å². The van der Waals surface area contributed by atoms with E-state index in [1.807, 2.05) is 0 Å². The molecule has 0 heterocycles. The summed E-state index contributed by atoms with van der Waals surface area (Å²) >= 11 is 11.2. The second kappa shape index (κ2) is 5.53. The van der Waals surface area contributed by atoms with Crippen LogP contribution in [0.5, 0.6) is 11.5 Å². The van der Waals surface area contributed by atoms with Gasteiger partial charge >= 0.3 is 12.3 Å². The molecule has 1 rings (SSSR count). The number of ether oxygens (including phenoxy) is 2. The Bertz CT molecular complexity index is 439. The van der Waals surface area contributed by atoms with Gasteiger partial charge in [-0.05, 0) is 0 Å². The van der Waals surface area contributed by atoms with Gasteiger partial charge in [-0.25, -0.2) is 4.79 Å². The average molecular weight is 305 g/mol. The molecule has 1 aromatic rings. The molecule has 18 heavy (non-hydrogen) atoms. The van der Waals surface area contributed by atoms with E-state index in [-0.39, 0.29) is 15.8 Å². The van der Waals surface area contributed by atoms with Crippen LogP contribution in [0.2, 0.25) is 10.0 Å². The molecule has 0 aromatic heterocycles. The maximum atomic E-state index is 11.9. The largest absolute Gasteiger partial charge is 0.573 e. The molecular weight excluding hydrogens is 300 g/mol. The lowest BCUT2D eigenvalue weighted by atomic mass is 10.3. The molecule has 1 aromatic carbocycles. The van der Waals surface area contributed by atoms with E-state index in [0.29, 0.717) is 0 Å². The van der Waals surface area contributed by atoms with Crippen LogP contribution in [-0.4, -0.2) is 24.0 Å². The molecule has 0 aliphatic heterocycles. The number of carboxylic acid groups (broad SMARTS) is 1. The summed E-state index contributed by atoms with van der Waals surface area (Å²) in [6.45, 7) is -0.723. The highest BCUT2D eigenvalue weighted by Crippen LogP contribution is 2.38. The van der Waals surface area contributed by atoms with Crippen molar-refractivity contribution < 1.29 is 32.5 Å². The van der Waals surface area contributed by atoms with Gasteiger partial charge in [-0.2, -0.15) is 0 Å². The van der Waals surface area contributed by atoms with Crippen molar-refractivity contribution in [3.05, 3.63) is 22.2 Å². The summed E-state index contributed by atoms with van der Waals surface area (Å²) in [5, 5.41) is 7.80. The molecule has 0 amide bonds. The topological polar surface area (TPSA) is 55.8 Å². The quantitative estimate of drug-likeness (QED) is 0.927. The van der Waals surface area contributed by atoms with E-state index in [9.17, 15) is 18.0 Å². The predicted octanol–water partition coefficient (Wildman–Crippen LogP) is 3.36. The van der Waals surface area contributed by atoms with E-state index in [0.717, 1.165) is 12.1 Å². The number of alkyl halides is 3. The van der Waals surface area contributed by atoms with E-state index >= 15 is 0 Å². The highest BCUT2D eigenvalue weighted by atomic mass is 35.5. The fraction of sp³-hybridized carbons (Fsp3) is 0.222. The Morgan fingerprint density at radius 3 is 2.17 bits per heavy atom. The van der Waals surface area contributed by atoms with Gasteiger partial charge in [0.15, 0.2) is 12.4 Å². The van der Waals surface area contributed by atoms with E-state index in [1.54, 1.807) is 0 Å².